The van der Waals surface area contributed by atoms with Crippen LogP contribution in [0, 0.1) is 17.7 Å². The minimum Gasteiger partial charge on any atom is -0.492 e. The SMILES string of the molecule is Fc1ccc(C#CCCCl)c(OCCCC(F)(F)F)c1. The fourth-order valence-electron chi connectivity index (χ4n) is 1.38. The van der Waals surface area contributed by atoms with Crippen molar-refractivity contribution in [3.05, 3.63) is 29.6 Å². The third kappa shape index (κ3) is 6.67. The van der Waals surface area contributed by atoms with Crippen LogP contribution in [0.2, 0.25) is 0 Å². The standard InChI is InChI=1S/C14H13ClF4O/c15-8-2-1-4-11-5-6-12(16)10-13(11)20-9-3-7-14(17,18)19/h5-6,10H,2-3,7-9H2. The highest BCUT2D eigenvalue weighted by molar-refractivity contribution is 6.18. The number of alkyl halides is 4. The van der Waals surface area contributed by atoms with Gasteiger partial charge >= 0.3 is 6.18 Å². The molecule has 0 N–H and O–H groups in total. The van der Waals surface area contributed by atoms with Gasteiger partial charge in [0.1, 0.15) is 11.6 Å². The number of halogens is 5. The van der Waals surface area contributed by atoms with Crippen LogP contribution in [-0.2, 0) is 0 Å². The van der Waals surface area contributed by atoms with Gasteiger partial charge in [-0.15, -0.1) is 11.6 Å². The lowest BCUT2D eigenvalue weighted by atomic mass is 10.2. The van der Waals surface area contributed by atoms with Crippen molar-refractivity contribution in [3.8, 4) is 17.6 Å². The number of ether oxygens (including phenoxy) is 1. The van der Waals surface area contributed by atoms with E-state index in [4.69, 9.17) is 16.3 Å². The molecule has 0 amide bonds. The van der Waals surface area contributed by atoms with Gasteiger partial charge in [-0.1, -0.05) is 11.8 Å². The lowest BCUT2D eigenvalue weighted by Crippen LogP contribution is -2.10. The van der Waals surface area contributed by atoms with Crippen LogP contribution >= 0.6 is 11.6 Å². The summed E-state index contributed by atoms with van der Waals surface area (Å²) in [5.41, 5.74) is 0.434. The van der Waals surface area contributed by atoms with E-state index in [0.29, 0.717) is 17.9 Å². The smallest absolute Gasteiger partial charge is 0.389 e. The van der Waals surface area contributed by atoms with Gasteiger partial charge in [-0.05, 0) is 18.6 Å². The fraction of sp³-hybridized carbons (Fsp3) is 0.429. The molecule has 0 fully saturated rings. The first-order valence-electron chi connectivity index (χ1n) is 5.96. The molecular formula is C14H13ClF4O. The Labute approximate surface area is 119 Å². The zero-order chi connectivity index (χ0) is 15.0. The van der Waals surface area contributed by atoms with Crippen molar-refractivity contribution < 1.29 is 22.3 Å². The van der Waals surface area contributed by atoms with Crippen molar-refractivity contribution >= 4 is 11.6 Å². The Morgan fingerprint density at radius 2 is 2.00 bits per heavy atom. The van der Waals surface area contributed by atoms with Crippen LogP contribution in [0.15, 0.2) is 18.2 Å². The molecule has 1 rings (SSSR count). The summed E-state index contributed by atoms with van der Waals surface area (Å²) in [6, 6.07) is 3.75. The Hall–Kier alpha value is -1.41. The van der Waals surface area contributed by atoms with E-state index in [-0.39, 0.29) is 18.8 Å². The summed E-state index contributed by atoms with van der Waals surface area (Å²) in [7, 11) is 0. The van der Waals surface area contributed by atoms with Crippen LogP contribution in [0.25, 0.3) is 0 Å². The highest BCUT2D eigenvalue weighted by atomic mass is 35.5. The summed E-state index contributed by atoms with van der Waals surface area (Å²) in [6.07, 6.45) is -4.87. The lowest BCUT2D eigenvalue weighted by molar-refractivity contribution is -0.136. The molecule has 0 unspecified atom stereocenters. The highest BCUT2D eigenvalue weighted by Crippen LogP contribution is 2.23. The van der Waals surface area contributed by atoms with E-state index in [1.54, 1.807) is 0 Å². The summed E-state index contributed by atoms with van der Waals surface area (Å²) in [5.74, 6) is 5.50. The topological polar surface area (TPSA) is 9.23 Å². The molecule has 20 heavy (non-hydrogen) atoms. The summed E-state index contributed by atoms with van der Waals surface area (Å²) >= 11 is 5.48. The van der Waals surface area contributed by atoms with Crippen LogP contribution in [0.4, 0.5) is 17.6 Å². The Kier molecular flexibility index (Phi) is 6.66. The molecule has 1 nitrogen and oxygen atoms in total. The summed E-state index contributed by atoms with van der Waals surface area (Å²) in [5, 5.41) is 0. The van der Waals surface area contributed by atoms with Crippen LogP contribution in [-0.4, -0.2) is 18.7 Å². The largest absolute Gasteiger partial charge is 0.492 e. The Balaban J connectivity index is 2.63. The predicted octanol–water partition coefficient (Wildman–Crippen LogP) is 4.53. The normalized spacial score (nSPS) is 10.8. The van der Waals surface area contributed by atoms with Crippen molar-refractivity contribution in [1.29, 1.82) is 0 Å². The summed E-state index contributed by atoms with van der Waals surface area (Å²) in [6.45, 7) is -0.146. The fourth-order valence-corrected chi connectivity index (χ4v) is 1.47. The molecule has 6 heteroatoms. The second kappa shape index (κ2) is 8.01. The third-order valence-electron chi connectivity index (χ3n) is 2.25. The van der Waals surface area contributed by atoms with Crippen molar-refractivity contribution in [2.75, 3.05) is 12.5 Å². The molecule has 0 aromatic heterocycles. The predicted molar refractivity (Wildman–Crippen MR) is 69.4 cm³/mol. The van der Waals surface area contributed by atoms with Gasteiger partial charge in [-0.25, -0.2) is 4.39 Å². The molecule has 0 aliphatic carbocycles. The third-order valence-corrected chi connectivity index (χ3v) is 2.44. The van der Waals surface area contributed by atoms with Gasteiger partial charge in [0.2, 0.25) is 0 Å². The summed E-state index contributed by atoms with van der Waals surface area (Å²) < 4.78 is 54.2. The molecule has 0 atom stereocenters. The van der Waals surface area contributed by atoms with Gasteiger partial charge in [0.15, 0.2) is 0 Å². The molecule has 1 aromatic rings. The Morgan fingerprint density at radius 1 is 1.25 bits per heavy atom. The minimum absolute atomic E-state index is 0.146. The number of hydrogen-bond acceptors (Lipinski definition) is 1. The van der Waals surface area contributed by atoms with Gasteiger partial charge in [-0.3, -0.25) is 0 Å². The molecular weight excluding hydrogens is 296 g/mol. The second-order valence-electron chi connectivity index (χ2n) is 3.95. The van der Waals surface area contributed by atoms with Crippen molar-refractivity contribution in [3.63, 3.8) is 0 Å². The lowest BCUT2D eigenvalue weighted by Gasteiger charge is -2.09. The number of hydrogen-bond donors (Lipinski definition) is 0. The number of rotatable bonds is 5. The first kappa shape index (κ1) is 16.6. The van der Waals surface area contributed by atoms with Gasteiger partial charge < -0.3 is 4.74 Å². The van der Waals surface area contributed by atoms with Crippen molar-refractivity contribution in [1.82, 2.24) is 0 Å². The average Bonchev–Trinajstić information content (AvgIpc) is 2.36. The maximum atomic E-state index is 13.1. The molecule has 1 aromatic carbocycles. The Bertz CT molecular complexity index is 488. The van der Waals surface area contributed by atoms with Crippen LogP contribution in [0.3, 0.4) is 0 Å². The van der Waals surface area contributed by atoms with Gasteiger partial charge in [-0.2, -0.15) is 13.2 Å². The van der Waals surface area contributed by atoms with Crippen LogP contribution < -0.4 is 4.74 Å². The highest BCUT2D eigenvalue weighted by Gasteiger charge is 2.26. The molecule has 0 radical (unpaired) electrons. The minimum atomic E-state index is -4.21. The zero-order valence-corrected chi connectivity index (χ0v) is 11.3. The molecule has 0 saturated heterocycles. The quantitative estimate of drug-likeness (QED) is 0.336. The Morgan fingerprint density at radius 3 is 2.65 bits per heavy atom. The first-order valence-corrected chi connectivity index (χ1v) is 6.50. The second-order valence-corrected chi connectivity index (χ2v) is 4.33. The number of benzene rings is 1. The molecule has 0 spiro atoms. The molecule has 0 bridgehead atoms. The van der Waals surface area contributed by atoms with Crippen LogP contribution in [0.5, 0.6) is 5.75 Å². The van der Waals surface area contributed by atoms with E-state index in [1.165, 1.54) is 12.1 Å². The van der Waals surface area contributed by atoms with E-state index in [2.05, 4.69) is 11.8 Å². The average molecular weight is 309 g/mol. The van der Waals surface area contributed by atoms with Crippen molar-refractivity contribution in [2.24, 2.45) is 0 Å². The van der Waals surface area contributed by atoms with Gasteiger partial charge in [0, 0.05) is 24.8 Å². The summed E-state index contributed by atoms with van der Waals surface area (Å²) in [4.78, 5) is 0. The van der Waals surface area contributed by atoms with E-state index in [9.17, 15) is 17.6 Å². The van der Waals surface area contributed by atoms with Crippen molar-refractivity contribution in [2.45, 2.75) is 25.4 Å². The van der Waals surface area contributed by atoms with E-state index in [0.717, 1.165) is 6.07 Å². The maximum absolute atomic E-state index is 13.1. The molecule has 0 heterocycles. The molecule has 110 valence electrons. The van der Waals surface area contributed by atoms with Gasteiger partial charge in [0.25, 0.3) is 0 Å². The molecule has 0 saturated carbocycles. The monoisotopic (exact) mass is 308 g/mol. The van der Waals surface area contributed by atoms with E-state index in [1.807, 2.05) is 0 Å². The molecule has 0 aliphatic rings. The zero-order valence-electron chi connectivity index (χ0n) is 10.6. The molecule has 0 aliphatic heterocycles. The van der Waals surface area contributed by atoms with Gasteiger partial charge in [0.05, 0.1) is 12.2 Å². The first-order chi connectivity index (χ1) is 9.42. The van der Waals surface area contributed by atoms with E-state index >= 15 is 0 Å². The van der Waals surface area contributed by atoms with E-state index < -0.39 is 18.4 Å². The maximum Gasteiger partial charge on any atom is 0.389 e. The van der Waals surface area contributed by atoms with Crippen LogP contribution in [0.1, 0.15) is 24.8 Å².